The standard InChI is InChI=1S/C30H36N4O5S/c1-23(30(36)32-21-26-6-5-17-31-20-26)34(22-25-7-12-27(39-2)13-8-25)29(35)16-11-24-9-14-28(15-10-24)40(37,38)33-18-3-4-19-33/h5-10,12-15,17,20,23H,3-4,11,16,18-19,21-22H2,1-2H3,(H,32,36)/t23-/m1/s1. The van der Waals surface area contributed by atoms with Crippen LogP contribution < -0.4 is 10.1 Å². The fourth-order valence-electron chi connectivity index (χ4n) is 4.65. The predicted molar refractivity (Wildman–Crippen MR) is 152 cm³/mol. The summed E-state index contributed by atoms with van der Waals surface area (Å²) >= 11 is 0. The molecule has 1 N–H and O–H groups in total. The summed E-state index contributed by atoms with van der Waals surface area (Å²) in [5.74, 6) is 0.273. The number of nitrogens with zero attached hydrogens (tertiary/aromatic N) is 3. The van der Waals surface area contributed by atoms with Gasteiger partial charge in [-0.15, -0.1) is 0 Å². The van der Waals surface area contributed by atoms with E-state index in [1.807, 2.05) is 30.3 Å². The normalized spacial score (nSPS) is 14.4. The summed E-state index contributed by atoms with van der Waals surface area (Å²) in [5, 5.41) is 2.90. The van der Waals surface area contributed by atoms with E-state index in [1.54, 1.807) is 61.7 Å². The maximum atomic E-state index is 13.5. The van der Waals surface area contributed by atoms with Crippen molar-refractivity contribution in [2.24, 2.45) is 0 Å². The molecular formula is C30H36N4O5S. The van der Waals surface area contributed by atoms with E-state index in [9.17, 15) is 18.0 Å². The molecule has 0 bridgehead atoms. The number of hydrogen-bond donors (Lipinski definition) is 1. The van der Waals surface area contributed by atoms with Crippen molar-refractivity contribution in [1.82, 2.24) is 19.5 Å². The molecule has 3 aromatic rings. The number of ether oxygens (including phenoxy) is 1. The van der Waals surface area contributed by atoms with Crippen LogP contribution in [0.5, 0.6) is 5.75 Å². The molecule has 0 unspecified atom stereocenters. The molecule has 2 heterocycles. The average molecular weight is 565 g/mol. The number of sulfonamides is 1. The fourth-order valence-corrected chi connectivity index (χ4v) is 6.17. The Bertz CT molecular complexity index is 1370. The number of pyridine rings is 1. The van der Waals surface area contributed by atoms with E-state index < -0.39 is 16.1 Å². The summed E-state index contributed by atoms with van der Waals surface area (Å²) in [4.78, 5) is 32.4. The lowest BCUT2D eigenvalue weighted by atomic mass is 10.1. The van der Waals surface area contributed by atoms with Crippen molar-refractivity contribution >= 4 is 21.8 Å². The highest BCUT2D eigenvalue weighted by molar-refractivity contribution is 7.89. The number of hydrogen-bond acceptors (Lipinski definition) is 6. The minimum Gasteiger partial charge on any atom is -0.497 e. The number of benzene rings is 2. The third-order valence-electron chi connectivity index (χ3n) is 7.12. The lowest BCUT2D eigenvalue weighted by Gasteiger charge is -2.29. The van der Waals surface area contributed by atoms with Gasteiger partial charge in [-0.05, 0) is 73.2 Å². The van der Waals surface area contributed by atoms with Gasteiger partial charge in [-0.3, -0.25) is 14.6 Å². The van der Waals surface area contributed by atoms with Crippen LogP contribution in [0.2, 0.25) is 0 Å². The van der Waals surface area contributed by atoms with Crippen molar-refractivity contribution in [3.05, 3.63) is 89.7 Å². The van der Waals surface area contributed by atoms with Crippen molar-refractivity contribution in [2.75, 3.05) is 20.2 Å². The lowest BCUT2D eigenvalue weighted by molar-refractivity contribution is -0.140. The molecule has 0 spiro atoms. The second-order valence-corrected chi connectivity index (χ2v) is 11.8. The van der Waals surface area contributed by atoms with Gasteiger partial charge in [-0.25, -0.2) is 8.42 Å². The van der Waals surface area contributed by atoms with E-state index in [0.29, 0.717) is 31.8 Å². The van der Waals surface area contributed by atoms with Gasteiger partial charge in [0.15, 0.2) is 0 Å². The molecule has 212 valence electrons. The lowest BCUT2D eigenvalue weighted by Crippen LogP contribution is -2.47. The number of aromatic nitrogens is 1. The van der Waals surface area contributed by atoms with Crippen LogP contribution in [0.15, 0.2) is 78.0 Å². The zero-order valence-electron chi connectivity index (χ0n) is 23.0. The Balaban J connectivity index is 1.43. The third kappa shape index (κ3) is 7.45. The van der Waals surface area contributed by atoms with Crippen molar-refractivity contribution in [3.63, 3.8) is 0 Å². The van der Waals surface area contributed by atoms with E-state index in [-0.39, 0.29) is 29.7 Å². The molecule has 1 aromatic heterocycles. The summed E-state index contributed by atoms with van der Waals surface area (Å²) in [6.07, 6.45) is 5.72. The summed E-state index contributed by atoms with van der Waals surface area (Å²) in [6.45, 7) is 3.40. The van der Waals surface area contributed by atoms with Gasteiger partial charge in [0.2, 0.25) is 21.8 Å². The van der Waals surface area contributed by atoms with E-state index in [0.717, 1.165) is 29.5 Å². The van der Waals surface area contributed by atoms with Crippen LogP contribution in [0.4, 0.5) is 0 Å². The van der Waals surface area contributed by atoms with Crippen molar-refractivity contribution in [1.29, 1.82) is 0 Å². The van der Waals surface area contributed by atoms with Gasteiger partial charge >= 0.3 is 0 Å². The Morgan fingerprint density at radius 2 is 1.68 bits per heavy atom. The van der Waals surface area contributed by atoms with Crippen LogP contribution >= 0.6 is 0 Å². The molecule has 0 aliphatic carbocycles. The highest BCUT2D eigenvalue weighted by atomic mass is 32.2. The number of carbonyl (C=O) groups is 2. The summed E-state index contributed by atoms with van der Waals surface area (Å²) in [6, 6.07) is 17.1. The van der Waals surface area contributed by atoms with Gasteiger partial charge in [0.1, 0.15) is 11.8 Å². The van der Waals surface area contributed by atoms with E-state index >= 15 is 0 Å². The maximum Gasteiger partial charge on any atom is 0.243 e. The largest absolute Gasteiger partial charge is 0.497 e. The first-order valence-corrected chi connectivity index (χ1v) is 14.9. The molecule has 2 aromatic carbocycles. The van der Waals surface area contributed by atoms with Crippen LogP contribution in [0.1, 0.15) is 42.9 Å². The Labute approximate surface area is 236 Å². The monoisotopic (exact) mass is 564 g/mol. The van der Waals surface area contributed by atoms with E-state index in [1.165, 1.54) is 4.31 Å². The zero-order chi connectivity index (χ0) is 28.5. The number of carbonyl (C=O) groups excluding carboxylic acids is 2. The van der Waals surface area contributed by atoms with Crippen LogP contribution in [-0.4, -0.2) is 60.7 Å². The van der Waals surface area contributed by atoms with Crippen molar-refractivity contribution in [3.8, 4) is 5.75 Å². The van der Waals surface area contributed by atoms with Gasteiger partial charge in [0.25, 0.3) is 0 Å². The van der Waals surface area contributed by atoms with Gasteiger partial charge in [-0.1, -0.05) is 30.3 Å². The third-order valence-corrected chi connectivity index (χ3v) is 9.04. The fraction of sp³-hybridized carbons (Fsp3) is 0.367. The summed E-state index contributed by atoms with van der Waals surface area (Å²) in [7, 11) is -1.89. The molecule has 1 atom stereocenters. The molecule has 1 aliphatic rings. The first-order chi connectivity index (χ1) is 19.3. The van der Waals surface area contributed by atoms with Gasteiger partial charge in [-0.2, -0.15) is 4.31 Å². The minimum atomic E-state index is -3.49. The topological polar surface area (TPSA) is 109 Å². The van der Waals surface area contributed by atoms with E-state index in [2.05, 4.69) is 10.3 Å². The van der Waals surface area contributed by atoms with Gasteiger partial charge in [0.05, 0.1) is 12.0 Å². The molecule has 1 fully saturated rings. The summed E-state index contributed by atoms with van der Waals surface area (Å²) < 4.78 is 32.4. The van der Waals surface area contributed by atoms with E-state index in [4.69, 9.17) is 4.74 Å². The smallest absolute Gasteiger partial charge is 0.243 e. The zero-order valence-corrected chi connectivity index (χ0v) is 23.8. The number of amides is 2. The number of nitrogens with one attached hydrogen (secondary N) is 1. The van der Waals surface area contributed by atoms with Crippen LogP contribution in [0.3, 0.4) is 0 Å². The molecule has 9 nitrogen and oxygen atoms in total. The molecule has 10 heteroatoms. The Morgan fingerprint density at radius 1 is 1.00 bits per heavy atom. The maximum absolute atomic E-state index is 13.5. The predicted octanol–water partition coefficient (Wildman–Crippen LogP) is 3.54. The molecule has 40 heavy (non-hydrogen) atoms. The molecule has 0 radical (unpaired) electrons. The van der Waals surface area contributed by atoms with Crippen LogP contribution in [0.25, 0.3) is 0 Å². The second kappa shape index (κ2) is 13.5. The van der Waals surface area contributed by atoms with Crippen LogP contribution in [0, 0.1) is 0 Å². The Morgan fingerprint density at radius 3 is 2.30 bits per heavy atom. The molecule has 1 saturated heterocycles. The van der Waals surface area contributed by atoms with Gasteiger partial charge < -0.3 is 15.0 Å². The first kappa shape index (κ1) is 29.2. The molecule has 1 aliphatic heterocycles. The highest BCUT2D eigenvalue weighted by Gasteiger charge is 2.28. The average Bonchev–Trinajstić information content (AvgIpc) is 3.54. The Hall–Kier alpha value is -3.76. The number of methoxy groups -OCH3 is 1. The van der Waals surface area contributed by atoms with Crippen LogP contribution in [-0.2, 0) is 39.1 Å². The number of rotatable bonds is 12. The van der Waals surface area contributed by atoms with Crippen molar-refractivity contribution < 1.29 is 22.7 Å². The number of aryl methyl sites for hydroxylation is 1. The molecule has 2 amide bonds. The highest BCUT2D eigenvalue weighted by Crippen LogP contribution is 2.22. The Kier molecular flexibility index (Phi) is 9.89. The summed E-state index contributed by atoms with van der Waals surface area (Å²) in [5.41, 5.74) is 2.59. The quantitative estimate of drug-likeness (QED) is 0.361. The van der Waals surface area contributed by atoms with Gasteiger partial charge in [0, 0.05) is 45.0 Å². The molecule has 0 saturated carbocycles. The first-order valence-electron chi connectivity index (χ1n) is 13.5. The van der Waals surface area contributed by atoms with Crippen molar-refractivity contribution in [2.45, 2.75) is 56.6 Å². The molecular weight excluding hydrogens is 528 g/mol. The minimum absolute atomic E-state index is 0.173. The SMILES string of the molecule is COc1ccc(CN(C(=O)CCc2ccc(S(=O)(=O)N3CCCC3)cc2)[C@H](C)C(=O)NCc2cccnc2)cc1. The second-order valence-electron chi connectivity index (χ2n) is 9.88. The molecule has 4 rings (SSSR count).